The van der Waals surface area contributed by atoms with Crippen LogP contribution >= 0.6 is 56.8 Å². The topological polar surface area (TPSA) is 70.9 Å². The number of nitrogens with one attached hydrogen (secondary N) is 1. The van der Waals surface area contributed by atoms with Gasteiger partial charge in [0.25, 0.3) is 5.91 Å². The molecule has 8 heteroatoms. The third-order valence-corrected chi connectivity index (χ3v) is 6.07. The SMILES string of the molecule is O=C(N/N=C\c1cc(I)c(OCc2ccccc2Cl)c(I)c1)[C@@H](O)c1ccccc1. The first-order valence-corrected chi connectivity index (χ1v) is 11.4. The minimum absolute atomic E-state index is 0.368. The molecule has 3 aromatic carbocycles. The summed E-state index contributed by atoms with van der Waals surface area (Å²) in [4.78, 5) is 12.1. The first-order valence-electron chi connectivity index (χ1n) is 8.87. The van der Waals surface area contributed by atoms with Crippen molar-refractivity contribution in [3.63, 3.8) is 0 Å². The number of amides is 1. The zero-order valence-corrected chi connectivity index (χ0v) is 20.6. The predicted octanol–water partition coefficient (Wildman–Crippen LogP) is 5.31. The van der Waals surface area contributed by atoms with Crippen molar-refractivity contribution in [2.75, 3.05) is 0 Å². The largest absolute Gasteiger partial charge is 0.487 e. The van der Waals surface area contributed by atoms with Crippen LogP contribution < -0.4 is 10.2 Å². The number of hydrazone groups is 1. The van der Waals surface area contributed by atoms with Crippen LogP contribution in [0.15, 0.2) is 71.8 Å². The number of ether oxygens (including phenoxy) is 1. The molecule has 2 N–H and O–H groups in total. The van der Waals surface area contributed by atoms with Gasteiger partial charge in [-0.25, -0.2) is 5.43 Å². The molecule has 0 saturated carbocycles. The Labute approximate surface area is 206 Å². The van der Waals surface area contributed by atoms with Crippen molar-refractivity contribution in [1.29, 1.82) is 0 Å². The molecule has 3 rings (SSSR count). The van der Waals surface area contributed by atoms with Gasteiger partial charge >= 0.3 is 0 Å². The highest BCUT2D eigenvalue weighted by molar-refractivity contribution is 14.1. The molecule has 30 heavy (non-hydrogen) atoms. The molecular formula is C22H17ClI2N2O3. The summed E-state index contributed by atoms with van der Waals surface area (Å²) in [5.74, 6) is 0.165. The summed E-state index contributed by atoms with van der Waals surface area (Å²) in [6, 6.07) is 20.0. The molecule has 0 saturated heterocycles. The minimum atomic E-state index is -1.27. The van der Waals surface area contributed by atoms with Crippen molar-refractivity contribution in [1.82, 2.24) is 5.43 Å². The highest BCUT2D eigenvalue weighted by Crippen LogP contribution is 2.30. The quantitative estimate of drug-likeness (QED) is 0.208. The van der Waals surface area contributed by atoms with E-state index in [0.717, 1.165) is 24.0 Å². The number of hydrogen-bond donors (Lipinski definition) is 2. The molecule has 0 aliphatic rings. The molecule has 5 nitrogen and oxygen atoms in total. The number of aliphatic hydroxyl groups is 1. The first kappa shape index (κ1) is 23.0. The van der Waals surface area contributed by atoms with Crippen LogP contribution in [0.4, 0.5) is 0 Å². The van der Waals surface area contributed by atoms with Crippen LogP contribution in [0.3, 0.4) is 0 Å². The molecule has 0 heterocycles. The summed E-state index contributed by atoms with van der Waals surface area (Å²) in [7, 11) is 0. The van der Waals surface area contributed by atoms with E-state index in [9.17, 15) is 9.90 Å². The first-order chi connectivity index (χ1) is 14.5. The molecule has 0 bridgehead atoms. The van der Waals surface area contributed by atoms with Gasteiger partial charge in [0.1, 0.15) is 12.4 Å². The van der Waals surface area contributed by atoms with Gasteiger partial charge in [0.15, 0.2) is 6.10 Å². The van der Waals surface area contributed by atoms with Crippen LogP contribution in [0.25, 0.3) is 0 Å². The molecule has 0 unspecified atom stereocenters. The number of rotatable bonds is 7. The minimum Gasteiger partial charge on any atom is -0.487 e. The second-order valence-electron chi connectivity index (χ2n) is 6.24. The monoisotopic (exact) mass is 646 g/mol. The van der Waals surface area contributed by atoms with Crippen molar-refractivity contribution in [3.05, 3.63) is 95.6 Å². The summed E-state index contributed by atoms with van der Waals surface area (Å²) in [5.41, 5.74) is 4.58. The van der Waals surface area contributed by atoms with E-state index in [1.165, 1.54) is 6.21 Å². The molecule has 0 aliphatic carbocycles. The van der Waals surface area contributed by atoms with Gasteiger partial charge in [-0.15, -0.1) is 0 Å². The molecule has 1 amide bonds. The Bertz CT molecular complexity index is 1040. The van der Waals surface area contributed by atoms with E-state index in [1.54, 1.807) is 24.3 Å². The highest BCUT2D eigenvalue weighted by atomic mass is 127. The summed E-state index contributed by atoms with van der Waals surface area (Å²) in [6.45, 7) is 0.368. The molecule has 0 spiro atoms. The summed E-state index contributed by atoms with van der Waals surface area (Å²) in [5, 5.41) is 14.7. The molecule has 1 atom stereocenters. The van der Waals surface area contributed by atoms with Crippen molar-refractivity contribution in [2.45, 2.75) is 12.7 Å². The molecule has 154 valence electrons. The van der Waals surface area contributed by atoms with E-state index in [2.05, 4.69) is 55.7 Å². The number of benzene rings is 3. The van der Waals surface area contributed by atoms with Crippen LogP contribution in [0.2, 0.25) is 5.02 Å². The van der Waals surface area contributed by atoms with Crippen LogP contribution in [-0.4, -0.2) is 17.2 Å². The number of carbonyl (C=O) groups is 1. The maximum absolute atomic E-state index is 12.1. The fraction of sp³-hybridized carbons (Fsp3) is 0.0909. The van der Waals surface area contributed by atoms with Crippen LogP contribution in [0.5, 0.6) is 5.75 Å². The van der Waals surface area contributed by atoms with Gasteiger partial charge < -0.3 is 9.84 Å². The van der Waals surface area contributed by atoms with E-state index >= 15 is 0 Å². The molecule has 0 radical (unpaired) electrons. The lowest BCUT2D eigenvalue weighted by Crippen LogP contribution is -2.25. The standard InChI is InChI=1S/C22H17ClI2N2O3/c23-17-9-5-4-8-16(17)13-30-21-18(24)10-14(11-19(21)25)12-26-27-22(29)20(28)15-6-2-1-3-7-15/h1-12,20,28H,13H2,(H,27,29)/b26-12-/t20-/m0/s1. The fourth-order valence-corrected chi connectivity index (χ4v) is 4.89. The van der Waals surface area contributed by atoms with Gasteiger partial charge in [-0.3, -0.25) is 4.79 Å². The number of hydrogen-bond acceptors (Lipinski definition) is 4. The average molecular weight is 647 g/mol. The van der Waals surface area contributed by atoms with Gasteiger partial charge in [0.2, 0.25) is 0 Å². The lowest BCUT2D eigenvalue weighted by molar-refractivity contribution is -0.129. The molecule has 0 aliphatic heterocycles. The summed E-state index contributed by atoms with van der Waals surface area (Å²) < 4.78 is 7.78. The van der Waals surface area contributed by atoms with E-state index in [1.807, 2.05) is 42.5 Å². The lowest BCUT2D eigenvalue weighted by Gasteiger charge is -2.12. The van der Waals surface area contributed by atoms with Gasteiger partial charge in [0.05, 0.1) is 13.4 Å². The van der Waals surface area contributed by atoms with Gasteiger partial charge in [0, 0.05) is 10.6 Å². The fourth-order valence-electron chi connectivity index (χ4n) is 2.58. The van der Waals surface area contributed by atoms with Gasteiger partial charge in [-0.1, -0.05) is 60.1 Å². The molecule has 3 aromatic rings. The van der Waals surface area contributed by atoms with Crippen molar-refractivity contribution in [3.8, 4) is 5.75 Å². The van der Waals surface area contributed by atoms with E-state index in [4.69, 9.17) is 16.3 Å². The zero-order chi connectivity index (χ0) is 21.5. The second-order valence-corrected chi connectivity index (χ2v) is 8.97. The zero-order valence-electron chi connectivity index (χ0n) is 15.6. The third kappa shape index (κ3) is 6.16. The maximum Gasteiger partial charge on any atom is 0.273 e. The van der Waals surface area contributed by atoms with Crippen LogP contribution in [0.1, 0.15) is 22.8 Å². The Balaban J connectivity index is 1.63. The van der Waals surface area contributed by atoms with Gasteiger partial charge in [-0.2, -0.15) is 5.10 Å². The number of nitrogens with zero attached hydrogens (tertiary/aromatic N) is 1. The van der Waals surface area contributed by atoms with Gasteiger partial charge in [-0.05, 0) is 74.5 Å². The highest BCUT2D eigenvalue weighted by Gasteiger charge is 2.16. The van der Waals surface area contributed by atoms with Crippen LogP contribution in [-0.2, 0) is 11.4 Å². The second kappa shape index (κ2) is 11.1. The Morgan fingerprint density at radius 2 is 1.73 bits per heavy atom. The summed E-state index contributed by atoms with van der Waals surface area (Å²) >= 11 is 10.6. The normalized spacial score (nSPS) is 12.0. The van der Waals surface area contributed by atoms with Crippen LogP contribution in [0, 0.1) is 7.14 Å². The van der Waals surface area contributed by atoms with Crippen molar-refractivity contribution >= 4 is 68.9 Å². The lowest BCUT2D eigenvalue weighted by atomic mass is 10.1. The maximum atomic E-state index is 12.1. The molecule has 0 fully saturated rings. The number of halogens is 3. The van der Waals surface area contributed by atoms with E-state index < -0.39 is 12.0 Å². The average Bonchev–Trinajstić information content (AvgIpc) is 2.74. The molecule has 0 aromatic heterocycles. The van der Waals surface area contributed by atoms with Crippen molar-refractivity contribution in [2.24, 2.45) is 5.10 Å². The molecular weight excluding hydrogens is 630 g/mol. The van der Waals surface area contributed by atoms with E-state index in [0.29, 0.717) is 17.2 Å². The Morgan fingerprint density at radius 3 is 2.40 bits per heavy atom. The summed E-state index contributed by atoms with van der Waals surface area (Å²) in [6.07, 6.45) is 0.252. The number of aliphatic hydroxyl groups excluding tert-OH is 1. The Kier molecular flexibility index (Phi) is 8.49. The smallest absolute Gasteiger partial charge is 0.273 e. The predicted molar refractivity (Wildman–Crippen MR) is 135 cm³/mol. The van der Waals surface area contributed by atoms with E-state index in [-0.39, 0.29) is 0 Å². The van der Waals surface area contributed by atoms with Crippen molar-refractivity contribution < 1.29 is 14.6 Å². The Hall–Kier alpha value is -1.69. The third-order valence-electron chi connectivity index (χ3n) is 4.10. The number of carbonyl (C=O) groups excluding carboxylic acids is 1. The Morgan fingerprint density at radius 1 is 1.10 bits per heavy atom.